The Morgan fingerprint density at radius 3 is 2.59 bits per heavy atom. The Balaban J connectivity index is 1.36. The molecule has 1 aromatic carbocycles. The first-order valence-corrected chi connectivity index (χ1v) is 8.51. The van der Waals surface area contributed by atoms with Crippen LogP contribution in [0.5, 0.6) is 5.75 Å². The third-order valence-corrected chi connectivity index (χ3v) is 4.24. The lowest BCUT2D eigenvalue weighted by molar-refractivity contribution is -0.143. The highest BCUT2D eigenvalue weighted by atomic mass is 16.5. The van der Waals surface area contributed by atoms with E-state index < -0.39 is 0 Å². The van der Waals surface area contributed by atoms with Gasteiger partial charge in [0.25, 0.3) is 5.89 Å². The first kappa shape index (κ1) is 17.2. The third kappa shape index (κ3) is 3.80. The number of rotatable bonds is 6. The molecular weight excluding hydrogens is 348 g/mol. The number of benzene rings is 1. The highest BCUT2D eigenvalue weighted by molar-refractivity contribution is 5.78. The first-order chi connectivity index (χ1) is 13.2. The number of amides is 1. The second kappa shape index (κ2) is 7.55. The lowest BCUT2D eigenvalue weighted by Gasteiger charge is -2.38. The summed E-state index contributed by atoms with van der Waals surface area (Å²) in [5.74, 6) is 1.67. The van der Waals surface area contributed by atoms with Crippen LogP contribution in [0.3, 0.4) is 0 Å². The molecule has 3 aromatic rings. The molecular formula is C19H18N4O4. The molecule has 0 aliphatic carbocycles. The summed E-state index contributed by atoms with van der Waals surface area (Å²) < 4.78 is 16.0. The Morgan fingerprint density at radius 1 is 1.15 bits per heavy atom. The summed E-state index contributed by atoms with van der Waals surface area (Å²) in [7, 11) is 1.51. The van der Waals surface area contributed by atoms with Gasteiger partial charge in [0, 0.05) is 30.6 Å². The molecule has 138 valence electrons. The van der Waals surface area contributed by atoms with E-state index in [1.165, 1.54) is 7.11 Å². The number of carbonyl (C=O) groups is 1. The maximum absolute atomic E-state index is 11.6. The largest absolute Gasteiger partial charge is 0.487 e. The molecule has 4 rings (SSSR count). The number of likely N-dealkylation sites (tertiary alicyclic amines) is 1. The van der Waals surface area contributed by atoms with Gasteiger partial charge in [0.05, 0.1) is 13.1 Å². The van der Waals surface area contributed by atoms with E-state index in [9.17, 15) is 4.79 Å². The van der Waals surface area contributed by atoms with Crippen molar-refractivity contribution in [2.75, 3.05) is 26.8 Å². The van der Waals surface area contributed by atoms with Crippen molar-refractivity contribution in [3.8, 4) is 28.6 Å². The smallest absolute Gasteiger partial charge is 0.258 e. The molecule has 2 aromatic heterocycles. The number of methoxy groups -OCH3 is 1. The second-order valence-electron chi connectivity index (χ2n) is 6.15. The molecule has 8 heteroatoms. The molecule has 8 nitrogen and oxygen atoms in total. The van der Waals surface area contributed by atoms with Gasteiger partial charge in [-0.3, -0.25) is 9.78 Å². The zero-order valence-electron chi connectivity index (χ0n) is 14.7. The standard InChI is InChI=1S/C19H18N4O4/c1-25-12-17(24)23-10-16(11-23)26-15-4-2-13(3-5-15)18-21-19(27-22-18)14-6-8-20-9-7-14/h2-9,16H,10-12H2,1H3. The van der Waals surface area contributed by atoms with E-state index in [0.29, 0.717) is 24.8 Å². The van der Waals surface area contributed by atoms with E-state index in [-0.39, 0.29) is 18.6 Å². The molecule has 1 amide bonds. The molecule has 3 heterocycles. The Morgan fingerprint density at radius 2 is 1.89 bits per heavy atom. The number of hydrogen-bond donors (Lipinski definition) is 0. The van der Waals surface area contributed by atoms with Crippen LogP contribution in [0.25, 0.3) is 22.8 Å². The van der Waals surface area contributed by atoms with Crippen LogP contribution in [0, 0.1) is 0 Å². The quantitative estimate of drug-likeness (QED) is 0.659. The summed E-state index contributed by atoms with van der Waals surface area (Å²) in [5.41, 5.74) is 1.65. The van der Waals surface area contributed by atoms with Gasteiger partial charge in [0.15, 0.2) is 0 Å². The Hall–Kier alpha value is -3.26. The van der Waals surface area contributed by atoms with E-state index in [1.54, 1.807) is 17.3 Å². The number of carbonyl (C=O) groups excluding carboxylic acids is 1. The molecule has 0 N–H and O–H groups in total. The number of pyridine rings is 1. The number of aromatic nitrogens is 3. The van der Waals surface area contributed by atoms with Crippen LogP contribution in [-0.4, -0.2) is 58.8 Å². The van der Waals surface area contributed by atoms with Gasteiger partial charge in [-0.1, -0.05) is 5.16 Å². The van der Waals surface area contributed by atoms with Crippen molar-refractivity contribution >= 4 is 5.91 Å². The van der Waals surface area contributed by atoms with E-state index >= 15 is 0 Å². The average Bonchev–Trinajstić information content (AvgIpc) is 3.16. The van der Waals surface area contributed by atoms with Crippen LogP contribution in [0.2, 0.25) is 0 Å². The summed E-state index contributed by atoms with van der Waals surface area (Å²) in [6.07, 6.45) is 3.35. The SMILES string of the molecule is COCC(=O)N1CC(Oc2ccc(-c3noc(-c4ccncc4)n3)cc2)C1. The molecule has 1 aliphatic rings. The zero-order valence-corrected chi connectivity index (χ0v) is 14.7. The predicted molar refractivity (Wildman–Crippen MR) is 95.8 cm³/mol. The zero-order chi connectivity index (χ0) is 18.6. The minimum absolute atomic E-state index is 0.000115. The minimum atomic E-state index is -0.0187. The lowest BCUT2D eigenvalue weighted by Crippen LogP contribution is -2.57. The van der Waals surface area contributed by atoms with Gasteiger partial charge in [-0.25, -0.2) is 0 Å². The Labute approximate surface area is 155 Å². The summed E-state index contributed by atoms with van der Waals surface area (Å²) >= 11 is 0. The minimum Gasteiger partial charge on any atom is -0.487 e. The van der Waals surface area contributed by atoms with E-state index in [4.69, 9.17) is 14.0 Å². The maximum Gasteiger partial charge on any atom is 0.258 e. The van der Waals surface area contributed by atoms with Gasteiger partial charge < -0.3 is 18.9 Å². The van der Waals surface area contributed by atoms with Crippen molar-refractivity contribution in [1.29, 1.82) is 0 Å². The van der Waals surface area contributed by atoms with E-state index in [2.05, 4.69) is 15.1 Å². The van der Waals surface area contributed by atoms with Crippen LogP contribution in [0.15, 0.2) is 53.3 Å². The van der Waals surface area contributed by atoms with Crippen molar-refractivity contribution in [3.05, 3.63) is 48.8 Å². The van der Waals surface area contributed by atoms with E-state index in [0.717, 1.165) is 16.9 Å². The fraction of sp³-hybridized carbons (Fsp3) is 0.263. The van der Waals surface area contributed by atoms with Gasteiger partial charge >= 0.3 is 0 Å². The van der Waals surface area contributed by atoms with Gasteiger partial charge in [-0.05, 0) is 36.4 Å². The molecule has 0 bridgehead atoms. The molecule has 1 saturated heterocycles. The van der Waals surface area contributed by atoms with Crippen molar-refractivity contribution in [2.24, 2.45) is 0 Å². The lowest BCUT2D eigenvalue weighted by atomic mass is 10.1. The predicted octanol–water partition coefficient (Wildman–Crippen LogP) is 2.03. The van der Waals surface area contributed by atoms with Crippen LogP contribution < -0.4 is 4.74 Å². The molecule has 0 spiro atoms. The fourth-order valence-corrected chi connectivity index (χ4v) is 2.76. The number of hydrogen-bond acceptors (Lipinski definition) is 7. The molecule has 0 atom stereocenters. The maximum atomic E-state index is 11.6. The highest BCUT2D eigenvalue weighted by Gasteiger charge is 2.31. The average molecular weight is 366 g/mol. The summed E-state index contributed by atoms with van der Waals surface area (Å²) in [6.45, 7) is 1.25. The normalized spacial score (nSPS) is 14.0. The molecule has 0 unspecified atom stereocenters. The van der Waals surface area contributed by atoms with Crippen molar-refractivity contribution in [1.82, 2.24) is 20.0 Å². The van der Waals surface area contributed by atoms with Crippen LogP contribution in [-0.2, 0) is 9.53 Å². The Kier molecular flexibility index (Phi) is 4.80. The topological polar surface area (TPSA) is 90.6 Å². The van der Waals surface area contributed by atoms with Crippen LogP contribution in [0.4, 0.5) is 0 Å². The van der Waals surface area contributed by atoms with Gasteiger partial charge in [-0.2, -0.15) is 4.98 Å². The van der Waals surface area contributed by atoms with Crippen LogP contribution >= 0.6 is 0 Å². The third-order valence-electron chi connectivity index (χ3n) is 4.24. The van der Waals surface area contributed by atoms with Crippen molar-refractivity contribution < 1.29 is 18.8 Å². The van der Waals surface area contributed by atoms with Gasteiger partial charge in [0.2, 0.25) is 11.7 Å². The van der Waals surface area contributed by atoms with Crippen molar-refractivity contribution in [2.45, 2.75) is 6.10 Å². The Bertz CT molecular complexity index is 905. The first-order valence-electron chi connectivity index (χ1n) is 8.51. The van der Waals surface area contributed by atoms with Gasteiger partial charge in [-0.15, -0.1) is 0 Å². The second-order valence-corrected chi connectivity index (χ2v) is 6.15. The van der Waals surface area contributed by atoms with Crippen molar-refractivity contribution in [3.63, 3.8) is 0 Å². The fourth-order valence-electron chi connectivity index (χ4n) is 2.76. The van der Waals surface area contributed by atoms with Crippen LogP contribution in [0.1, 0.15) is 0 Å². The highest BCUT2D eigenvalue weighted by Crippen LogP contribution is 2.25. The van der Waals surface area contributed by atoms with Gasteiger partial charge in [0.1, 0.15) is 18.5 Å². The number of nitrogens with zero attached hydrogens (tertiary/aromatic N) is 4. The summed E-state index contributed by atoms with van der Waals surface area (Å²) in [5, 5.41) is 4.02. The molecule has 0 radical (unpaired) electrons. The van der Waals surface area contributed by atoms with E-state index in [1.807, 2.05) is 36.4 Å². The molecule has 1 fully saturated rings. The summed E-state index contributed by atoms with van der Waals surface area (Å²) in [6, 6.07) is 11.1. The molecule has 0 saturated carbocycles. The molecule has 27 heavy (non-hydrogen) atoms. The number of ether oxygens (including phenoxy) is 2. The summed E-state index contributed by atoms with van der Waals surface area (Å²) in [4.78, 5) is 21.7. The molecule has 1 aliphatic heterocycles. The monoisotopic (exact) mass is 366 g/mol.